The molecule has 0 saturated carbocycles. The number of carbonyl (C=O) groups is 1. The number of carbonyl (C=O) groups excluding carboxylic acids is 1. The van der Waals surface area contributed by atoms with E-state index in [-0.39, 0.29) is 29.7 Å². The van der Waals surface area contributed by atoms with Gasteiger partial charge in [0.15, 0.2) is 0 Å². The first kappa shape index (κ1) is 19.5. The van der Waals surface area contributed by atoms with Crippen molar-refractivity contribution in [1.29, 1.82) is 0 Å². The van der Waals surface area contributed by atoms with Crippen molar-refractivity contribution in [3.63, 3.8) is 0 Å². The lowest BCUT2D eigenvalue weighted by molar-refractivity contribution is -0.124. The number of nitrogens with zero attached hydrogens (tertiary/aromatic N) is 3. The second-order valence-corrected chi connectivity index (χ2v) is 7.43. The lowest BCUT2D eigenvalue weighted by Crippen LogP contribution is -2.50. The van der Waals surface area contributed by atoms with Gasteiger partial charge in [0, 0.05) is 39.1 Å². The molecular formula is C20H28FN5O. The fourth-order valence-corrected chi connectivity index (χ4v) is 3.60. The van der Waals surface area contributed by atoms with Crippen LogP contribution in [0.15, 0.2) is 36.7 Å². The minimum absolute atomic E-state index is 0.0286. The van der Waals surface area contributed by atoms with Crippen LogP contribution in [0.1, 0.15) is 37.3 Å². The van der Waals surface area contributed by atoms with Gasteiger partial charge in [-0.25, -0.2) is 9.37 Å². The van der Waals surface area contributed by atoms with Crippen molar-refractivity contribution >= 4 is 5.91 Å². The molecule has 2 aromatic rings. The monoisotopic (exact) mass is 373 g/mol. The summed E-state index contributed by atoms with van der Waals surface area (Å²) in [6.45, 7) is 6.81. The van der Waals surface area contributed by atoms with Crippen LogP contribution in [0.5, 0.6) is 0 Å². The van der Waals surface area contributed by atoms with Crippen molar-refractivity contribution in [1.82, 2.24) is 25.1 Å². The highest BCUT2D eigenvalue weighted by Gasteiger charge is 2.29. The Morgan fingerprint density at radius 2 is 2.11 bits per heavy atom. The summed E-state index contributed by atoms with van der Waals surface area (Å²) in [5, 5.41) is 6.51. The first-order valence-electron chi connectivity index (χ1n) is 9.42. The highest BCUT2D eigenvalue weighted by molar-refractivity contribution is 5.78. The van der Waals surface area contributed by atoms with Crippen LogP contribution in [0.25, 0.3) is 0 Å². The molecule has 27 heavy (non-hydrogen) atoms. The maximum Gasteiger partial charge on any atom is 0.234 e. The lowest BCUT2D eigenvalue weighted by atomic mass is 9.96. The van der Waals surface area contributed by atoms with Crippen molar-refractivity contribution in [2.75, 3.05) is 26.2 Å². The average Bonchev–Trinajstić information content (AvgIpc) is 3.07. The van der Waals surface area contributed by atoms with E-state index in [4.69, 9.17) is 0 Å². The normalized spacial score (nSPS) is 19.2. The van der Waals surface area contributed by atoms with E-state index < -0.39 is 0 Å². The molecule has 1 fully saturated rings. The molecular weight excluding hydrogens is 345 g/mol. The number of benzene rings is 1. The average molecular weight is 373 g/mol. The van der Waals surface area contributed by atoms with Crippen LogP contribution in [0.4, 0.5) is 4.39 Å². The molecule has 1 aliphatic heterocycles. The molecule has 6 nitrogen and oxygen atoms in total. The number of rotatable bonds is 6. The summed E-state index contributed by atoms with van der Waals surface area (Å²) >= 11 is 0. The molecule has 1 aliphatic rings. The van der Waals surface area contributed by atoms with Gasteiger partial charge in [-0.05, 0) is 23.6 Å². The van der Waals surface area contributed by atoms with Crippen LogP contribution < -0.4 is 10.6 Å². The molecule has 0 spiro atoms. The highest BCUT2D eigenvalue weighted by Crippen LogP contribution is 2.23. The molecule has 1 aromatic heterocycles. The van der Waals surface area contributed by atoms with Gasteiger partial charge in [0.1, 0.15) is 11.6 Å². The van der Waals surface area contributed by atoms with Gasteiger partial charge in [0.2, 0.25) is 5.91 Å². The van der Waals surface area contributed by atoms with Gasteiger partial charge in [-0.15, -0.1) is 0 Å². The van der Waals surface area contributed by atoms with Crippen molar-refractivity contribution < 1.29 is 9.18 Å². The van der Waals surface area contributed by atoms with Crippen LogP contribution in [0, 0.1) is 11.7 Å². The Balaban J connectivity index is 1.69. The molecule has 146 valence electrons. The largest absolute Gasteiger partial charge is 0.348 e. The Kier molecular flexibility index (Phi) is 6.23. The summed E-state index contributed by atoms with van der Waals surface area (Å²) in [7, 11) is 1.97. The zero-order valence-corrected chi connectivity index (χ0v) is 16.2. The Morgan fingerprint density at radius 1 is 1.37 bits per heavy atom. The van der Waals surface area contributed by atoms with Gasteiger partial charge < -0.3 is 15.2 Å². The molecule has 2 atom stereocenters. The van der Waals surface area contributed by atoms with Crippen LogP contribution in [0.3, 0.4) is 0 Å². The van der Waals surface area contributed by atoms with Gasteiger partial charge >= 0.3 is 0 Å². The molecule has 0 aliphatic carbocycles. The Hall–Kier alpha value is -2.25. The molecule has 1 saturated heterocycles. The van der Waals surface area contributed by atoms with Crippen molar-refractivity contribution in [2.24, 2.45) is 13.0 Å². The van der Waals surface area contributed by atoms with E-state index in [9.17, 15) is 9.18 Å². The fourth-order valence-electron chi connectivity index (χ4n) is 3.60. The van der Waals surface area contributed by atoms with Crippen molar-refractivity contribution in [3.05, 3.63) is 53.9 Å². The van der Waals surface area contributed by atoms with Crippen molar-refractivity contribution in [2.45, 2.75) is 25.9 Å². The smallest absolute Gasteiger partial charge is 0.234 e. The molecule has 3 rings (SSSR count). The maximum atomic E-state index is 13.2. The van der Waals surface area contributed by atoms with Gasteiger partial charge in [-0.2, -0.15) is 0 Å². The molecule has 0 radical (unpaired) electrons. The number of imidazole rings is 1. The molecule has 2 unspecified atom stereocenters. The number of nitrogens with one attached hydrogen (secondary N) is 2. The number of hydrogen-bond donors (Lipinski definition) is 2. The number of hydrogen-bond acceptors (Lipinski definition) is 4. The topological polar surface area (TPSA) is 62.2 Å². The van der Waals surface area contributed by atoms with E-state index in [1.54, 1.807) is 18.3 Å². The second-order valence-electron chi connectivity index (χ2n) is 7.43. The number of amides is 1. The number of halogens is 1. The van der Waals surface area contributed by atoms with E-state index in [1.807, 2.05) is 17.8 Å². The third kappa shape index (κ3) is 4.73. The molecule has 1 aromatic carbocycles. The van der Waals surface area contributed by atoms with Gasteiger partial charge in [0.05, 0.1) is 18.6 Å². The standard InChI is InChI=1S/C20H28FN5O/c1-14(2)19(15-4-6-16(21)7-5-15)24-18(27)13-26-11-8-22-12-17(26)20-23-9-10-25(20)3/h4-7,9-10,14,17,19,22H,8,11-13H2,1-3H3,(H,24,27). The van der Waals surface area contributed by atoms with E-state index in [1.165, 1.54) is 12.1 Å². The van der Waals surface area contributed by atoms with E-state index in [2.05, 4.69) is 34.4 Å². The predicted molar refractivity (Wildman–Crippen MR) is 103 cm³/mol. The Morgan fingerprint density at radius 3 is 2.74 bits per heavy atom. The minimum Gasteiger partial charge on any atom is -0.348 e. The lowest BCUT2D eigenvalue weighted by Gasteiger charge is -2.35. The molecule has 2 heterocycles. The van der Waals surface area contributed by atoms with Gasteiger partial charge in [-0.1, -0.05) is 26.0 Å². The third-order valence-electron chi connectivity index (χ3n) is 5.07. The first-order chi connectivity index (χ1) is 13.0. The van der Waals surface area contributed by atoms with Crippen LogP contribution in [0.2, 0.25) is 0 Å². The Labute approximate surface area is 159 Å². The number of aromatic nitrogens is 2. The molecule has 2 N–H and O–H groups in total. The first-order valence-corrected chi connectivity index (χ1v) is 9.42. The van der Waals surface area contributed by atoms with Gasteiger partial charge in [0.25, 0.3) is 0 Å². The van der Waals surface area contributed by atoms with E-state index >= 15 is 0 Å². The number of piperazine rings is 1. The molecule has 7 heteroatoms. The zero-order valence-electron chi connectivity index (χ0n) is 16.2. The summed E-state index contributed by atoms with van der Waals surface area (Å²) in [5.41, 5.74) is 0.917. The SMILES string of the molecule is CC(C)C(NC(=O)CN1CCNCC1c1nccn1C)c1ccc(F)cc1. The van der Waals surface area contributed by atoms with Crippen LogP contribution in [-0.4, -0.2) is 46.5 Å². The number of aryl methyl sites for hydroxylation is 1. The molecule has 0 bridgehead atoms. The zero-order chi connectivity index (χ0) is 19.4. The molecule has 1 amide bonds. The summed E-state index contributed by atoms with van der Waals surface area (Å²) < 4.78 is 15.2. The summed E-state index contributed by atoms with van der Waals surface area (Å²) in [4.78, 5) is 19.4. The van der Waals surface area contributed by atoms with E-state index in [0.29, 0.717) is 6.54 Å². The predicted octanol–water partition coefficient (Wildman–Crippen LogP) is 2.02. The van der Waals surface area contributed by atoms with Crippen LogP contribution in [-0.2, 0) is 11.8 Å². The fraction of sp³-hybridized carbons (Fsp3) is 0.500. The Bertz CT molecular complexity index is 758. The third-order valence-corrected chi connectivity index (χ3v) is 5.07. The summed E-state index contributed by atoms with van der Waals surface area (Å²) in [6, 6.07) is 6.26. The van der Waals surface area contributed by atoms with Crippen molar-refractivity contribution in [3.8, 4) is 0 Å². The van der Waals surface area contributed by atoms with Gasteiger partial charge in [-0.3, -0.25) is 9.69 Å². The highest BCUT2D eigenvalue weighted by atomic mass is 19.1. The maximum absolute atomic E-state index is 13.2. The second kappa shape index (κ2) is 8.63. The van der Waals surface area contributed by atoms with Crippen LogP contribution >= 0.6 is 0 Å². The minimum atomic E-state index is -0.272. The summed E-state index contributed by atoms with van der Waals surface area (Å²) in [6.07, 6.45) is 3.71. The van der Waals surface area contributed by atoms with E-state index in [0.717, 1.165) is 31.0 Å². The quantitative estimate of drug-likeness (QED) is 0.813. The summed E-state index contributed by atoms with van der Waals surface area (Å²) in [5.74, 6) is 0.854.